The first kappa shape index (κ1) is 25.6. The summed E-state index contributed by atoms with van der Waals surface area (Å²) in [5, 5.41) is 18.1. The van der Waals surface area contributed by atoms with Crippen LogP contribution in [0.1, 0.15) is 53.1 Å². The molecule has 6 N–H and O–H groups in total. The molecular formula is C27H32N6O2S2. The normalized spacial score (nSPS) is 15.4. The SMILES string of the molecule is CCCc1cc(N2CCC(NCC(O)c3ccc(-c4nccs4)cc3)CC2)nc2sc(C(N)=O)c(N)c12. The second kappa shape index (κ2) is 11.1. The van der Waals surface area contributed by atoms with Crippen LogP contribution in [0.15, 0.2) is 41.9 Å². The molecule has 1 fully saturated rings. The lowest BCUT2D eigenvalue weighted by Gasteiger charge is -2.34. The van der Waals surface area contributed by atoms with Crippen molar-refractivity contribution in [3.8, 4) is 10.6 Å². The van der Waals surface area contributed by atoms with Crippen LogP contribution < -0.4 is 21.7 Å². The van der Waals surface area contributed by atoms with E-state index in [1.54, 1.807) is 17.5 Å². The third-order valence-corrected chi connectivity index (χ3v) is 8.84. The number of carbonyl (C=O) groups excluding carboxylic acids is 1. The van der Waals surface area contributed by atoms with E-state index >= 15 is 0 Å². The third kappa shape index (κ3) is 5.47. The van der Waals surface area contributed by atoms with E-state index in [4.69, 9.17) is 16.5 Å². The molecule has 0 radical (unpaired) electrons. The maximum absolute atomic E-state index is 11.8. The number of anilines is 2. The van der Waals surface area contributed by atoms with E-state index < -0.39 is 12.0 Å². The van der Waals surface area contributed by atoms with Gasteiger partial charge in [0.1, 0.15) is 20.5 Å². The molecule has 4 heterocycles. The first-order valence-corrected chi connectivity index (χ1v) is 14.3. The number of thiophene rings is 1. The monoisotopic (exact) mass is 536 g/mol. The molecule has 37 heavy (non-hydrogen) atoms. The molecular weight excluding hydrogens is 504 g/mol. The average molecular weight is 537 g/mol. The molecule has 0 aliphatic carbocycles. The predicted octanol–water partition coefficient (Wildman–Crippen LogP) is 4.35. The molecule has 194 valence electrons. The summed E-state index contributed by atoms with van der Waals surface area (Å²) in [6, 6.07) is 10.4. The topological polar surface area (TPSA) is 130 Å². The van der Waals surface area contributed by atoms with Crippen LogP contribution in [0.2, 0.25) is 0 Å². The van der Waals surface area contributed by atoms with Crippen molar-refractivity contribution in [2.24, 2.45) is 5.73 Å². The Morgan fingerprint density at radius 1 is 1.27 bits per heavy atom. The lowest BCUT2D eigenvalue weighted by atomic mass is 10.0. The summed E-state index contributed by atoms with van der Waals surface area (Å²) < 4.78 is 0. The molecule has 4 aromatic rings. The predicted molar refractivity (Wildman–Crippen MR) is 152 cm³/mol. The average Bonchev–Trinajstić information content (AvgIpc) is 3.56. The minimum atomic E-state index is -0.562. The van der Waals surface area contributed by atoms with E-state index in [1.165, 1.54) is 11.3 Å². The maximum Gasteiger partial charge on any atom is 0.260 e. The van der Waals surface area contributed by atoms with Gasteiger partial charge >= 0.3 is 0 Å². The summed E-state index contributed by atoms with van der Waals surface area (Å²) in [6.07, 6.45) is 4.99. The molecule has 1 aliphatic heterocycles. The van der Waals surface area contributed by atoms with E-state index in [9.17, 15) is 9.90 Å². The Balaban J connectivity index is 1.20. The quantitative estimate of drug-likeness (QED) is 0.250. The number of hydrogen-bond acceptors (Lipinski definition) is 9. The number of nitrogens with one attached hydrogen (secondary N) is 1. The number of carbonyl (C=O) groups is 1. The number of nitrogens with zero attached hydrogens (tertiary/aromatic N) is 3. The van der Waals surface area contributed by atoms with Gasteiger partial charge in [0.05, 0.1) is 11.8 Å². The number of aliphatic hydroxyl groups excluding tert-OH is 1. The van der Waals surface area contributed by atoms with Crippen molar-refractivity contribution in [3.63, 3.8) is 0 Å². The lowest BCUT2D eigenvalue weighted by Crippen LogP contribution is -2.44. The summed E-state index contributed by atoms with van der Waals surface area (Å²) in [4.78, 5) is 24.5. The minimum absolute atomic E-state index is 0.332. The number of pyridine rings is 1. The number of piperidine rings is 1. The molecule has 0 bridgehead atoms. The highest BCUT2D eigenvalue weighted by atomic mass is 32.1. The minimum Gasteiger partial charge on any atom is -0.397 e. The van der Waals surface area contributed by atoms with Gasteiger partial charge in [-0.3, -0.25) is 4.79 Å². The molecule has 3 aromatic heterocycles. The molecule has 1 aromatic carbocycles. The zero-order valence-corrected chi connectivity index (χ0v) is 22.4. The van der Waals surface area contributed by atoms with Crippen LogP contribution >= 0.6 is 22.7 Å². The van der Waals surface area contributed by atoms with Crippen LogP contribution in [0.5, 0.6) is 0 Å². The Bertz CT molecular complexity index is 1360. The van der Waals surface area contributed by atoms with E-state index in [2.05, 4.69) is 28.2 Å². The number of amides is 1. The van der Waals surface area contributed by atoms with Crippen molar-refractivity contribution in [1.82, 2.24) is 15.3 Å². The molecule has 1 saturated heterocycles. The van der Waals surface area contributed by atoms with Crippen LogP contribution in [0.3, 0.4) is 0 Å². The van der Waals surface area contributed by atoms with Crippen LogP contribution in [0.25, 0.3) is 20.8 Å². The lowest BCUT2D eigenvalue weighted by molar-refractivity contribution is 0.100. The summed E-state index contributed by atoms with van der Waals surface area (Å²) in [5.41, 5.74) is 15.3. The molecule has 1 amide bonds. The fourth-order valence-corrected chi connectivity index (χ4v) is 6.55. The summed E-state index contributed by atoms with van der Waals surface area (Å²) >= 11 is 2.89. The number of rotatable bonds is 9. The van der Waals surface area contributed by atoms with E-state index in [1.807, 2.05) is 29.6 Å². The van der Waals surface area contributed by atoms with Gasteiger partial charge in [-0.15, -0.1) is 22.7 Å². The van der Waals surface area contributed by atoms with Gasteiger partial charge in [-0.2, -0.15) is 0 Å². The molecule has 0 saturated carbocycles. The van der Waals surface area contributed by atoms with Crippen molar-refractivity contribution in [2.75, 3.05) is 30.3 Å². The Morgan fingerprint density at radius 3 is 2.68 bits per heavy atom. The van der Waals surface area contributed by atoms with Crippen molar-refractivity contribution in [2.45, 2.75) is 44.8 Å². The molecule has 0 spiro atoms. The fraction of sp³-hybridized carbons (Fsp3) is 0.370. The van der Waals surface area contributed by atoms with Crippen molar-refractivity contribution < 1.29 is 9.90 Å². The van der Waals surface area contributed by atoms with Crippen molar-refractivity contribution in [3.05, 3.63) is 57.9 Å². The first-order chi connectivity index (χ1) is 17.9. The number of nitrogens with two attached hydrogens (primary N) is 2. The highest BCUT2D eigenvalue weighted by Crippen LogP contribution is 2.37. The molecule has 5 rings (SSSR count). The van der Waals surface area contributed by atoms with E-state index in [-0.39, 0.29) is 0 Å². The van der Waals surface area contributed by atoms with Gasteiger partial charge < -0.3 is 26.8 Å². The fourth-order valence-electron chi connectivity index (χ4n) is 4.92. The first-order valence-electron chi connectivity index (χ1n) is 12.6. The largest absolute Gasteiger partial charge is 0.397 e. The highest BCUT2D eigenvalue weighted by molar-refractivity contribution is 7.21. The smallest absolute Gasteiger partial charge is 0.260 e. The number of benzene rings is 1. The number of aromatic nitrogens is 2. The van der Waals surface area contributed by atoms with Gasteiger partial charge in [-0.05, 0) is 36.5 Å². The Morgan fingerprint density at radius 2 is 2.03 bits per heavy atom. The van der Waals surface area contributed by atoms with Gasteiger partial charge in [0, 0.05) is 48.2 Å². The second-order valence-corrected chi connectivity index (χ2v) is 11.3. The zero-order valence-electron chi connectivity index (χ0n) is 20.8. The third-order valence-electron chi connectivity index (χ3n) is 6.90. The number of primary amides is 1. The number of fused-ring (bicyclic) bond motifs is 1. The number of aliphatic hydroxyl groups is 1. The van der Waals surface area contributed by atoms with Crippen LogP contribution in [-0.2, 0) is 6.42 Å². The highest BCUT2D eigenvalue weighted by Gasteiger charge is 2.24. The number of hydrogen-bond donors (Lipinski definition) is 4. The zero-order chi connectivity index (χ0) is 25.9. The summed E-state index contributed by atoms with van der Waals surface area (Å²) in [6.45, 7) is 4.37. The van der Waals surface area contributed by atoms with Crippen LogP contribution in [0.4, 0.5) is 11.5 Å². The Labute approximate surface area is 224 Å². The van der Waals surface area contributed by atoms with Gasteiger partial charge in [0.15, 0.2) is 0 Å². The molecule has 10 heteroatoms. The summed E-state index contributed by atoms with van der Waals surface area (Å²) in [7, 11) is 0. The molecule has 1 atom stereocenters. The number of nitrogen functional groups attached to an aromatic ring is 1. The van der Waals surface area contributed by atoms with Crippen LogP contribution in [-0.4, -0.2) is 46.7 Å². The second-order valence-electron chi connectivity index (χ2n) is 9.42. The standard InChI is InChI=1S/C27H32N6O2S2/c1-2-3-18-14-21(32-27-22(18)23(28)24(37-27)25(29)35)33-11-8-19(9-12-33)31-15-20(34)16-4-6-17(7-5-16)26-30-10-13-36-26/h4-7,10,13-14,19-20,31,34H,2-3,8-9,11-12,15,28H2,1H3,(H2,29,35). The van der Waals surface area contributed by atoms with Gasteiger partial charge in [-0.25, -0.2) is 9.97 Å². The summed E-state index contributed by atoms with van der Waals surface area (Å²) in [5.74, 6) is 0.418. The van der Waals surface area contributed by atoms with Gasteiger partial charge in [0.2, 0.25) is 0 Å². The van der Waals surface area contributed by atoms with Crippen molar-refractivity contribution >= 4 is 50.3 Å². The molecule has 1 unspecified atom stereocenters. The maximum atomic E-state index is 11.8. The van der Waals surface area contributed by atoms with Crippen molar-refractivity contribution in [1.29, 1.82) is 0 Å². The number of thiazole rings is 1. The molecule has 8 nitrogen and oxygen atoms in total. The van der Waals surface area contributed by atoms with E-state index in [0.717, 1.165) is 76.5 Å². The molecule has 1 aliphatic rings. The number of aryl methyl sites for hydroxylation is 1. The van der Waals surface area contributed by atoms with Gasteiger partial charge in [0.25, 0.3) is 5.91 Å². The van der Waals surface area contributed by atoms with Gasteiger partial charge in [-0.1, -0.05) is 37.6 Å². The Hall–Kier alpha value is -3.05. The van der Waals surface area contributed by atoms with E-state index in [0.29, 0.717) is 23.2 Å². The Kier molecular flexibility index (Phi) is 7.71. The van der Waals surface area contributed by atoms with Crippen LogP contribution in [0, 0.1) is 0 Å².